The molecule has 0 saturated carbocycles. The van der Waals surface area contributed by atoms with Gasteiger partial charge in [0, 0.05) is 12.6 Å². The fourth-order valence-electron chi connectivity index (χ4n) is 1.93. The fourth-order valence-corrected chi connectivity index (χ4v) is 1.93. The van der Waals surface area contributed by atoms with E-state index in [9.17, 15) is 18.0 Å². The fraction of sp³-hybridized carbons (Fsp3) is 0.333. The standard InChI is InChI=1S/C15H16F3N3O/c1-11-2-4-12(5-3-11)6-7-14(22)20-13-8-19-21(9-13)10-15(16,17)18/h2-5,8-9H,6-7,10H2,1H3,(H,20,22). The zero-order valence-corrected chi connectivity index (χ0v) is 12.0. The minimum absolute atomic E-state index is 0.257. The van der Waals surface area contributed by atoms with E-state index in [1.165, 1.54) is 6.20 Å². The normalized spacial score (nSPS) is 11.5. The summed E-state index contributed by atoms with van der Waals surface area (Å²) in [5.41, 5.74) is 2.44. The van der Waals surface area contributed by atoms with E-state index in [0.29, 0.717) is 6.42 Å². The van der Waals surface area contributed by atoms with Gasteiger partial charge >= 0.3 is 6.18 Å². The summed E-state index contributed by atoms with van der Waals surface area (Å²) in [6.45, 7) is 0.807. The number of carbonyl (C=O) groups excluding carboxylic acids is 1. The summed E-state index contributed by atoms with van der Waals surface area (Å²) >= 11 is 0. The van der Waals surface area contributed by atoms with Crippen molar-refractivity contribution >= 4 is 11.6 Å². The SMILES string of the molecule is Cc1ccc(CCC(=O)Nc2cnn(CC(F)(F)F)c2)cc1. The molecule has 2 rings (SSSR count). The van der Waals surface area contributed by atoms with Gasteiger partial charge in [-0.2, -0.15) is 18.3 Å². The number of rotatable bonds is 5. The van der Waals surface area contributed by atoms with Crippen LogP contribution < -0.4 is 5.32 Å². The highest BCUT2D eigenvalue weighted by molar-refractivity contribution is 5.90. The van der Waals surface area contributed by atoms with Crippen molar-refractivity contribution in [1.29, 1.82) is 0 Å². The molecule has 0 saturated heterocycles. The van der Waals surface area contributed by atoms with Crippen molar-refractivity contribution in [3.63, 3.8) is 0 Å². The lowest BCUT2D eigenvalue weighted by molar-refractivity contribution is -0.142. The van der Waals surface area contributed by atoms with Gasteiger partial charge in [-0.1, -0.05) is 29.8 Å². The third-order valence-corrected chi connectivity index (χ3v) is 3.02. The lowest BCUT2D eigenvalue weighted by Crippen LogP contribution is -2.18. The first-order chi connectivity index (χ1) is 10.3. The van der Waals surface area contributed by atoms with E-state index in [4.69, 9.17) is 0 Å². The second-order valence-corrected chi connectivity index (χ2v) is 5.08. The molecule has 22 heavy (non-hydrogen) atoms. The van der Waals surface area contributed by atoms with Gasteiger partial charge in [0.05, 0.1) is 11.9 Å². The molecule has 0 bridgehead atoms. The predicted octanol–water partition coefficient (Wildman–Crippen LogP) is 3.33. The maximum atomic E-state index is 12.2. The minimum atomic E-state index is -4.33. The average Bonchev–Trinajstić information content (AvgIpc) is 2.83. The molecule has 1 heterocycles. The maximum absolute atomic E-state index is 12.2. The first-order valence-electron chi connectivity index (χ1n) is 6.76. The number of nitrogens with zero attached hydrogens (tertiary/aromatic N) is 2. The van der Waals surface area contributed by atoms with Crippen LogP contribution in [-0.4, -0.2) is 21.9 Å². The van der Waals surface area contributed by atoms with E-state index in [0.717, 1.165) is 22.0 Å². The van der Waals surface area contributed by atoms with Gasteiger partial charge in [-0.15, -0.1) is 0 Å². The van der Waals surface area contributed by atoms with Crippen LogP contribution in [0, 0.1) is 6.92 Å². The molecule has 4 nitrogen and oxygen atoms in total. The molecule has 1 amide bonds. The number of anilines is 1. The summed E-state index contributed by atoms with van der Waals surface area (Å²) in [6, 6.07) is 7.83. The summed E-state index contributed by atoms with van der Waals surface area (Å²) in [6.07, 6.45) is -1.14. The lowest BCUT2D eigenvalue weighted by atomic mass is 10.1. The number of halogens is 3. The number of hydrogen-bond donors (Lipinski definition) is 1. The van der Waals surface area contributed by atoms with Crippen molar-refractivity contribution in [2.75, 3.05) is 5.32 Å². The molecular formula is C15H16F3N3O. The number of nitrogens with one attached hydrogen (secondary N) is 1. The Kier molecular flexibility index (Phi) is 4.85. The molecule has 7 heteroatoms. The van der Waals surface area contributed by atoms with E-state index in [1.54, 1.807) is 0 Å². The van der Waals surface area contributed by atoms with Crippen molar-refractivity contribution in [3.8, 4) is 0 Å². The van der Waals surface area contributed by atoms with E-state index < -0.39 is 12.7 Å². The molecule has 1 N–H and O–H groups in total. The van der Waals surface area contributed by atoms with Gasteiger partial charge in [0.25, 0.3) is 0 Å². The first-order valence-corrected chi connectivity index (χ1v) is 6.76. The topological polar surface area (TPSA) is 46.9 Å². The molecule has 1 aromatic carbocycles. The summed E-state index contributed by atoms with van der Waals surface area (Å²) in [5, 5.41) is 6.10. The van der Waals surface area contributed by atoms with Gasteiger partial charge in [0.2, 0.25) is 5.91 Å². The van der Waals surface area contributed by atoms with E-state index in [2.05, 4.69) is 10.4 Å². The summed E-state index contributed by atoms with van der Waals surface area (Å²) in [7, 11) is 0. The molecule has 118 valence electrons. The highest BCUT2D eigenvalue weighted by Crippen LogP contribution is 2.18. The van der Waals surface area contributed by atoms with E-state index in [-0.39, 0.29) is 18.0 Å². The van der Waals surface area contributed by atoms with E-state index in [1.807, 2.05) is 31.2 Å². The van der Waals surface area contributed by atoms with Gasteiger partial charge < -0.3 is 5.32 Å². The number of aryl methyl sites for hydroxylation is 2. The number of hydrogen-bond acceptors (Lipinski definition) is 2. The third-order valence-electron chi connectivity index (χ3n) is 3.02. The van der Waals surface area contributed by atoms with E-state index >= 15 is 0 Å². The van der Waals surface area contributed by atoms with Crippen molar-refractivity contribution in [1.82, 2.24) is 9.78 Å². The zero-order valence-electron chi connectivity index (χ0n) is 12.0. The first kappa shape index (κ1) is 16.1. The monoisotopic (exact) mass is 311 g/mol. The lowest BCUT2D eigenvalue weighted by Gasteiger charge is -2.05. The Balaban J connectivity index is 1.83. The van der Waals surface area contributed by atoms with Crippen LogP contribution >= 0.6 is 0 Å². The van der Waals surface area contributed by atoms with Crippen molar-refractivity contribution in [2.45, 2.75) is 32.5 Å². The quantitative estimate of drug-likeness (QED) is 0.920. The van der Waals surface area contributed by atoms with Crippen LogP contribution in [0.15, 0.2) is 36.7 Å². The number of carbonyl (C=O) groups is 1. The Morgan fingerprint density at radius 1 is 1.27 bits per heavy atom. The van der Waals surface area contributed by atoms with Crippen molar-refractivity contribution < 1.29 is 18.0 Å². The number of amides is 1. The second-order valence-electron chi connectivity index (χ2n) is 5.08. The average molecular weight is 311 g/mol. The molecule has 1 aromatic heterocycles. The Morgan fingerprint density at radius 2 is 1.95 bits per heavy atom. The van der Waals surface area contributed by atoms with Crippen LogP contribution in [0.5, 0.6) is 0 Å². The molecule has 0 aliphatic heterocycles. The second kappa shape index (κ2) is 6.64. The van der Waals surface area contributed by atoms with Gasteiger partial charge in [-0.05, 0) is 18.9 Å². The number of alkyl halides is 3. The van der Waals surface area contributed by atoms with Crippen LogP contribution in [0.3, 0.4) is 0 Å². The van der Waals surface area contributed by atoms with Crippen LogP contribution in [-0.2, 0) is 17.8 Å². The van der Waals surface area contributed by atoms with Crippen molar-refractivity contribution in [2.24, 2.45) is 0 Å². The molecular weight excluding hydrogens is 295 g/mol. The molecule has 0 unspecified atom stereocenters. The molecule has 0 aliphatic carbocycles. The smallest absolute Gasteiger partial charge is 0.323 e. The Labute approximate surface area is 125 Å². The van der Waals surface area contributed by atoms with Gasteiger partial charge in [0.1, 0.15) is 6.54 Å². The third kappa shape index (κ3) is 5.23. The van der Waals surface area contributed by atoms with Gasteiger partial charge in [-0.25, -0.2) is 0 Å². The summed E-state index contributed by atoms with van der Waals surface area (Å²) in [4.78, 5) is 11.8. The van der Waals surface area contributed by atoms with Crippen molar-refractivity contribution in [3.05, 3.63) is 47.8 Å². The number of aromatic nitrogens is 2. The largest absolute Gasteiger partial charge is 0.408 e. The molecule has 0 atom stereocenters. The van der Waals surface area contributed by atoms with Crippen LogP contribution in [0.2, 0.25) is 0 Å². The number of benzene rings is 1. The highest BCUT2D eigenvalue weighted by Gasteiger charge is 2.28. The molecule has 0 spiro atoms. The van der Waals surface area contributed by atoms with Gasteiger partial charge in [0.15, 0.2) is 0 Å². The summed E-state index contributed by atoms with van der Waals surface area (Å²) in [5.74, 6) is -0.257. The Hall–Kier alpha value is -2.31. The minimum Gasteiger partial charge on any atom is -0.323 e. The summed E-state index contributed by atoms with van der Waals surface area (Å²) < 4.78 is 37.4. The Bertz CT molecular complexity index is 632. The predicted molar refractivity (Wildman–Crippen MR) is 76.4 cm³/mol. The molecule has 2 aromatic rings. The maximum Gasteiger partial charge on any atom is 0.408 e. The van der Waals surface area contributed by atoms with Gasteiger partial charge in [-0.3, -0.25) is 9.48 Å². The highest BCUT2D eigenvalue weighted by atomic mass is 19.4. The molecule has 0 fully saturated rings. The van der Waals surface area contributed by atoms with Crippen LogP contribution in [0.1, 0.15) is 17.5 Å². The molecule has 0 aliphatic rings. The van der Waals surface area contributed by atoms with Crippen LogP contribution in [0.25, 0.3) is 0 Å². The van der Waals surface area contributed by atoms with Crippen LogP contribution in [0.4, 0.5) is 18.9 Å². The molecule has 0 radical (unpaired) electrons. The Morgan fingerprint density at radius 3 is 2.59 bits per heavy atom. The zero-order chi connectivity index (χ0) is 16.2.